The van der Waals surface area contributed by atoms with Crippen molar-refractivity contribution in [1.82, 2.24) is 14.9 Å². The van der Waals surface area contributed by atoms with E-state index in [0.29, 0.717) is 23.0 Å². The highest BCUT2D eigenvalue weighted by Gasteiger charge is 2.51. The van der Waals surface area contributed by atoms with Crippen LogP contribution in [0.25, 0.3) is 0 Å². The zero-order valence-electron chi connectivity index (χ0n) is 15.2. The van der Waals surface area contributed by atoms with Crippen LogP contribution in [0, 0.1) is 17.8 Å². The van der Waals surface area contributed by atoms with Crippen LogP contribution >= 0.6 is 0 Å². The molecule has 126 valence electrons. The molecule has 0 spiro atoms. The van der Waals surface area contributed by atoms with E-state index in [1.807, 2.05) is 25.9 Å². The highest BCUT2D eigenvalue weighted by molar-refractivity contribution is 5.95. The molecule has 2 atom stereocenters. The van der Waals surface area contributed by atoms with Crippen LogP contribution in [0.3, 0.4) is 0 Å². The standard InChI is InChI=1S/C18H28N4O/c1-12-14(9-19-16(20-12)21(5)6)15(23)22-11-18(4)8-13(22)7-17(2,3)10-18/h9,13H,7-8,10-11H2,1-6H3. The van der Waals surface area contributed by atoms with Crippen molar-refractivity contribution in [3.05, 3.63) is 17.5 Å². The summed E-state index contributed by atoms with van der Waals surface area (Å²) in [5, 5.41) is 0. The number of nitrogens with zero attached hydrogens (tertiary/aromatic N) is 4. The fourth-order valence-electron chi connectivity index (χ4n) is 4.73. The van der Waals surface area contributed by atoms with Crippen molar-refractivity contribution >= 4 is 11.9 Å². The van der Waals surface area contributed by atoms with Gasteiger partial charge in [0.15, 0.2) is 0 Å². The number of carbonyl (C=O) groups excluding carboxylic acids is 1. The SMILES string of the molecule is Cc1nc(N(C)C)ncc1C(=O)N1CC2(C)CC1CC(C)(C)C2. The average Bonchev–Trinajstić information content (AvgIpc) is 2.67. The Morgan fingerprint density at radius 2 is 2.00 bits per heavy atom. The Morgan fingerprint density at radius 3 is 2.61 bits per heavy atom. The fourth-order valence-corrected chi connectivity index (χ4v) is 4.73. The summed E-state index contributed by atoms with van der Waals surface area (Å²) in [6.45, 7) is 9.73. The first-order valence-electron chi connectivity index (χ1n) is 8.42. The van der Waals surface area contributed by atoms with Gasteiger partial charge in [-0.3, -0.25) is 4.79 Å². The zero-order valence-corrected chi connectivity index (χ0v) is 15.2. The van der Waals surface area contributed by atoms with Crippen LogP contribution in [-0.2, 0) is 0 Å². The monoisotopic (exact) mass is 316 g/mol. The molecule has 1 aromatic rings. The Kier molecular flexibility index (Phi) is 3.65. The summed E-state index contributed by atoms with van der Waals surface area (Å²) in [5.74, 6) is 0.742. The summed E-state index contributed by atoms with van der Waals surface area (Å²) in [4.78, 5) is 25.8. The Morgan fingerprint density at radius 1 is 1.30 bits per heavy atom. The third-order valence-corrected chi connectivity index (χ3v) is 5.27. The number of anilines is 1. The quantitative estimate of drug-likeness (QED) is 0.842. The molecule has 1 saturated carbocycles. The first-order valence-corrected chi connectivity index (χ1v) is 8.42. The molecule has 0 aromatic carbocycles. The van der Waals surface area contributed by atoms with Crippen molar-refractivity contribution in [2.45, 2.75) is 53.0 Å². The second-order valence-electron chi connectivity index (χ2n) is 8.71. The maximum absolute atomic E-state index is 13.1. The summed E-state index contributed by atoms with van der Waals surface area (Å²) in [6, 6.07) is 0.351. The molecule has 1 aliphatic heterocycles. The number of aromatic nitrogens is 2. The smallest absolute Gasteiger partial charge is 0.257 e. The average molecular weight is 316 g/mol. The van der Waals surface area contributed by atoms with Crippen LogP contribution in [0.4, 0.5) is 5.95 Å². The van der Waals surface area contributed by atoms with Gasteiger partial charge in [-0.05, 0) is 37.0 Å². The van der Waals surface area contributed by atoms with Gasteiger partial charge < -0.3 is 9.80 Å². The Bertz CT molecular complexity index is 640. The van der Waals surface area contributed by atoms with Crippen molar-refractivity contribution in [1.29, 1.82) is 0 Å². The molecular weight excluding hydrogens is 288 g/mol. The van der Waals surface area contributed by atoms with E-state index in [9.17, 15) is 4.79 Å². The first-order chi connectivity index (χ1) is 10.6. The number of amides is 1. The summed E-state index contributed by atoms with van der Waals surface area (Å²) < 4.78 is 0. The lowest BCUT2D eigenvalue weighted by Crippen LogP contribution is -2.38. The Balaban J connectivity index is 1.87. The van der Waals surface area contributed by atoms with E-state index in [-0.39, 0.29) is 11.3 Å². The second-order valence-corrected chi connectivity index (χ2v) is 8.71. The highest BCUT2D eigenvalue weighted by atomic mass is 16.2. The van der Waals surface area contributed by atoms with Crippen molar-refractivity contribution in [3.63, 3.8) is 0 Å². The first kappa shape index (κ1) is 16.2. The van der Waals surface area contributed by atoms with Crippen LogP contribution in [-0.4, -0.2) is 47.5 Å². The van der Waals surface area contributed by atoms with E-state index < -0.39 is 0 Å². The number of hydrogen-bond acceptors (Lipinski definition) is 4. The number of likely N-dealkylation sites (tertiary alicyclic amines) is 1. The second kappa shape index (κ2) is 5.18. The number of hydrogen-bond donors (Lipinski definition) is 0. The van der Waals surface area contributed by atoms with Gasteiger partial charge in [0, 0.05) is 32.9 Å². The van der Waals surface area contributed by atoms with E-state index in [1.165, 1.54) is 6.42 Å². The highest BCUT2D eigenvalue weighted by Crippen LogP contribution is 2.52. The number of carbonyl (C=O) groups is 1. The summed E-state index contributed by atoms with van der Waals surface area (Å²) >= 11 is 0. The van der Waals surface area contributed by atoms with Crippen LogP contribution in [0.2, 0.25) is 0 Å². The molecule has 2 heterocycles. The molecule has 1 amide bonds. The van der Waals surface area contributed by atoms with Gasteiger partial charge in [-0.1, -0.05) is 20.8 Å². The van der Waals surface area contributed by atoms with Crippen LogP contribution in [0.15, 0.2) is 6.20 Å². The maximum Gasteiger partial charge on any atom is 0.257 e. The number of rotatable bonds is 2. The molecule has 2 bridgehead atoms. The van der Waals surface area contributed by atoms with Gasteiger partial charge in [0.25, 0.3) is 5.91 Å². The van der Waals surface area contributed by atoms with E-state index >= 15 is 0 Å². The fraction of sp³-hybridized carbons (Fsp3) is 0.722. The third-order valence-electron chi connectivity index (χ3n) is 5.27. The van der Waals surface area contributed by atoms with Crippen molar-refractivity contribution in [3.8, 4) is 0 Å². The Labute approximate surface area is 139 Å². The van der Waals surface area contributed by atoms with Gasteiger partial charge in [-0.2, -0.15) is 0 Å². The minimum Gasteiger partial charge on any atom is -0.347 e. The normalized spacial score (nSPS) is 28.8. The molecule has 2 unspecified atom stereocenters. The molecule has 23 heavy (non-hydrogen) atoms. The van der Waals surface area contributed by atoms with E-state index in [4.69, 9.17) is 0 Å². The molecule has 2 fully saturated rings. The minimum atomic E-state index is 0.0965. The summed E-state index contributed by atoms with van der Waals surface area (Å²) in [6.07, 6.45) is 5.09. The molecule has 1 aromatic heterocycles. The van der Waals surface area contributed by atoms with Gasteiger partial charge in [0.05, 0.1) is 11.3 Å². The topological polar surface area (TPSA) is 49.3 Å². The lowest BCUT2D eigenvalue weighted by molar-refractivity contribution is 0.0706. The van der Waals surface area contributed by atoms with Crippen LogP contribution < -0.4 is 4.90 Å². The van der Waals surface area contributed by atoms with Crippen molar-refractivity contribution in [2.24, 2.45) is 10.8 Å². The summed E-state index contributed by atoms with van der Waals surface area (Å²) in [5.41, 5.74) is 1.97. The molecule has 2 aliphatic rings. The van der Waals surface area contributed by atoms with Gasteiger partial charge >= 0.3 is 0 Å². The van der Waals surface area contributed by atoms with Crippen molar-refractivity contribution in [2.75, 3.05) is 25.5 Å². The molecule has 0 N–H and O–H groups in total. The van der Waals surface area contributed by atoms with Crippen molar-refractivity contribution < 1.29 is 4.79 Å². The molecule has 1 saturated heterocycles. The largest absolute Gasteiger partial charge is 0.347 e. The Hall–Kier alpha value is -1.65. The van der Waals surface area contributed by atoms with Gasteiger partial charge in [0.1, 0.15) is 0 Å². The molecule has 1 aliphatic carbocycles. The lowest BCUT2D eigenvalue weighted by Gasteiger charge is -2.39. The molecule has 0 radical (unpaired) electrons. The minimum absolute atomic E-state index is 0.0965. The van der Waals surface area contributed by atoms with Gasteiger partial charge in [0.2, 0.25) is 5.95 Å². The predicted molar refractivity (Wildman–Crippen MR) is 91.7 cm³/mol. The van der Waals surface area contributed by atoms with E-state index in [1.54, 1.807) is 6.20 Å². The number of fused-ring (bicyclic) bond motifs is 2. The third kappa shape index (κ3) is 2.93. The molecular formula is C18H28N4O. The summed E-state index contributed by atoms with van der Waals surface area (Å²) in [7, 11) is 3.81. The number of aryl methyl sites for hydroxylation is 1. The maximum atomic E-state index is 13.1. The van der Waals surface area contributed by atoms with Crippen LogP contribution in [0.1, 0.15) is 56.1 Å². The van der Waals surface area contributed by atoms with Crippen LogP contribution in [0.5, 0.6) is 0 Å². The molecule has 5 heteroatoms. The van der Waals surface area contributed by atoms with Gasteiger partial charge in [-0.15, -0.1) is 0 Å². The molecule has 5 nitrogen and oxygen atoms in total. The predicted octanol–water partition coefficient (Wildman–Crippen LogP) is 2.89. The van der Waals surface area contributed by atoms with E-state index in [2.05, 4.69) is 35.6 Å². The lowest BCUT2D eigenvalue weighted by atomic mass is 9.65. The zero-order chi connectivity index (χ0) is 17.0. The van der Waals surface area contributed by atoms with E-state index in [0.717, 1.165) is 25.1 Å². The molecule has 3 rings (SSSR count). The van der Waals surface area contributed by atoms with Gasteiger partial charge in [-0.25, -0.2) is 9.97 Å².